The molecule has 0 aromatic heterocycles. The Morgan fingerprint density at radius 3 is 1.68 bits per heavy atom. The summed E-state index contributed by atoms with van der Waals surface area (Å²) in [6.07, 6.45) is 0.791. The maximum atomic E-state index is 5.89. The quantitative estimate of drug-likeness (QED) is 0.524. The summed E-state index contributed by atoms with van der Waals surface area (Å²) in [5.41, 5.74) is 4.58. The average molecular weight is 378 g/mol. The van der Waals surface area contributed by atoms with Gasteiger partial charge in [-0.2, -0.15) is 0 Å². The standard InChI is InChI=1S/C24H26O4/c1-25-22-9-4-18(5-10-22)14-21-15-20(8-13-24(21)27-3)17-28-16-19-6-11-23(26-2)12-7-19/h4-13,15H,14,16-17H2,1-3H3. The van der Waals surface area contributed by atoms with Crippen LogP contribution < -0.4 is 14.2 Å². The van der Waals surface area contributed by atoms with Crippen LogP contribution in [-0.4, -0.2) is 21.3 Å². The molecule has 28 heavy (non-hydrogen) atoms. The van der Waals surface area contributed by atoms with Gasteiger partial charge < -0.3 is 18.9 Å². The molecule has 0 atom stereocenters. The number of hydrogen-bond donors (Lipinski definition) is 0. The second-order valence-corrected chi connectivity index (χ2v) is 6.51. The second kappa shape index (κ2) is 9.81. The third-order valence-corrected chi connectivity index (χ3v) is 4.59. The number of rotatable bonds is 9. The summed E-state index contributed by atoms with van der Waals surface area (Å²) < 4.78 is 21.8. The SMILES string of the molecule is COc1ccc(COCc2ccc(OC)c(Cc3ccc(OC)cc3)c2)cc1. The highest BCUT2D eigenvalue weighted by Crippen LogP contribution is 2.24. The molecule has 0 aliphatic heterocycles. The van der Waals surface area contributed by atoms with E-state index in [-0.39, 0.29) is 0 Å². The van der Waals surface area contributed by atoms with Crippen LogP contribution in [0.1, 0.15) is 22.3 Å². The van der Waals surface area contributed by atoms with Gasteiger partial charge in [0, 0.05) is 6.42 Å². The van der Waals surface area contributed by atoms with E-state index in [9.17, 15) is 0 Å². The summed E-state index contributed by atoms with van der Waals surface area (Å²) in [4.78, 5) is 0. The van der Waals surface area contributed by atoms with E-state index in [0.29, 0.717) is 13.2 Å². The molecule has 0 aliphatic rings. The molecule has 0 saturated heterocycles. The summed E-state index contributed by atoms with van der Waals surface area (Å²) >= 11 is 0. The van der Waals surface area contributed by atoms with Gasteiger partial charge in [0.15, 0.2) is 0 Å². The fourth-order valence-corrected chi connectivity index (χ4v) is 3.03. The van der Waals surface area contributed by atoms with E-state index in [1.54, 1.807) is 21.3 Å². The minimum Gasteiger partial charge on any atom is -0.497 e. The van der Waals surface area contributed by atoms with Gasteiger partial charge >= 0.3 is 0 Å². The molecule has 0 unspecified atom stereocenters. The molecule has 146 valence electrons. The van der Waals surface area contributed by atoms with Crippen molar-refractivity contribution in [2.45, 2.75) is 19.6 Å². The van der Waals surface area contributed by atoms with E-state index in [1.807, 2.05) is 48.5 Å². The van der Waals surface area contributed by atoms with E-state index in [1.165, 1.54) is 5.56 Å². The van der Waals surface area contributed by atoms with Crippen LogP contribution in [0.2, 0.25) is 0 Å². The molecule has 3 aromatic rings. The van der Waals surface area contributed by atoms with Crippen LogP contribution in [0, 0.1) is 0 Å². The van der Waals surface area contributed by atoms with Crippen molar-refractivity contribution in [3.05, 3.63) is 89.0 Å². The lowest BCUT2D eigenvalue weighted by Gasteiger charge is -2.12. The Morgan fingerprint density at radius 1 is 0.571 bits per heavy atom. The van der Waals surface area contributed by atoms with Crippen molar-refractivity contribution in [3.63, 3.8) is 0 Å². The monoisotopic (exact) mass is 378 g/mol. The first kappa shape index (κ1) is 19.8. The number of hydrogen-bond acceptors (Lipinski definition) is 4. The van der Waals surface area contributed by atoms with Crippen LogP contribution >= 0.6 is 0 Å². The van der Waals surface area contributed by atoms with Gasteiger partial charge in [-0.25, -0.2) is 0 Å². The third kappa shape index (κ3) is 5.27. The van der Waals surface area contributed by atoms with E-state index >= 15 is 0 Å². The fourth-order valence-electron chi connectivity index (χ4n) is 3.03. The zero-order valence-corrected chi connectivity index (χ0v) is 16.6. The molecule has 0 heterocycles. The summed E-state index contributed by atoms with van der Waals surface area (Å²) in [6.45, 7) is 1.11. The molecule has 0 spiro atoms. The van der Waals surface area contributed by atoms with Gasteiger partial charge in [0.25, 0.3) is 0 Å². The molecule has 4 nitrogen and oxygen atoms in total. The number of ether oxygens (including phenoxy) is 4. The second-order valence-electron chi connectivity index (χ2n) is 6.51. The van der Waals surface area contributed by atoms with Gasteiger partial charge in [-0.3, -0.25) is 0 Å². The lowest BCUT2D eigenvalue weighted by molar-refractivity contribution is 0.107. The van der Waals surface area contributed by atoms with E-state index in [0.717, 1.165) is 40.4 Å². The van der Waals surface area contributed by atoms with Crippen LogP contribution in [0.3, 0.4) is 0 Å². The Balaban J connectivity index is 1.63. The first-order valence-corrected chi connectivity index (χ1v) is 9.21. The predicted octanol–water partition coefficient (Wildman–Crippen LogP) is 5.02. The van der Waals surface area contributed by atoms with Gasteiger partial charge in [0.05, 0.1) is 34.5 Å². The molecule has 0 aliphatic carbocycles. The van der Waals surface area contributed by atoms with Crippen LogP contribution in [0.25, 0.3) is 0 Å². The lowest BCUT2D eigenvalue weighted by atomic mass is 10.0. The lowest BCUT2D eigenvalue weighted by Crippen LogP contribution is -1.99. The highest BCUT2D eigenvalue weighted by Gasteiger charge is 2.07. The molecule has 0 saturated carbocycles. The van der Waals surface area contributed by atoms with Gasteiger partial charge in [0.1, 0.15) is 17.2 Å². The average Bonchev–Trinajstić information content (AvgIpc) is 2.75. The van der Waals surface area contributed by atoms with Crippen molar-refractivity contribution in [3.8, 4) is 17.2 Å². The molecule has 0 radical (unpaired) electrons. The molecule has 0 N–H and O–H groups in total. The molecule has 3 rings (SSSR count). The minimum absolute atomic E-state index is 0.547. The van der Waals surface area contributed by atoms with Gasteiger partial charge in [-0.1, -0.05) is 30.3 Å². The molecule has 3 aromatic carbocycles. The van der Waals surface area contributed by atoms with Crippen molar-refractivity contribution in [2.75, 3.05) is 21.3 Å². The fraction of sp³-hybridized carbons (Fsp3) is 0.250. The number of methoxy groups -OCH3 is 3. The largest absolute Gasteiger partial charge is 0.497 e. The van der Waals surface area contributed by atoms with Crippen molar-refractivity contribution >= 4 is 0 Å². The molecule has 0 amide bonds. The van der Waals surface area contributed by atoms with E-state index in [4.69, 9.17) is 18.9 Å². The first-order chi connectivity index (χ1) is 13.7. The normalized spacial score (nSPS) is 10.5. The van der Waals surface area contributed by atoms with Crippen molar-refractivity contribution in [1.29, 1.82) is 0 Å². The summed E-state index contributed by atoms with van der Waals surface area (Å²) in [5, 5.41) is 0. The van der Waals surface area contributed by atoms with E-state index in [2.05, 4.69) is 18.2 Å². The Labute approximate surface area is 166 Å². The molecule has 0 bridgehead atoms. The highest BCUT2D eigenvalue weighted by molar-refractivity contribution is 5.41. The Kier molecular flexibility index (Phi) is 6.93. The number of benzene rings is 3. The highest BCUT2D eigenvalue weighted by atomic mass is 16.5. The molecule has 4 heteroatoms. The predicted molar refractivity (Wildman–Crippen MR) is 110 cm³/mol. The summed E-state index contributed by atoms with van der Waals surface area (Å²) in [6, 6.07) is 22.2. The van der Waals surface area contributed by atoms with Gasteiger partial charge in [-0.05, 0) is 58.7 Å². The Hall–Kier alpha value is -2.98. The van der Waals surface area contributed by atoms with Crippen LogP contribution in [-0.2, 0) is 24.4 Å². The molecular formula is C24H26O4. The van der Waals surface area contributed by atoms with Crippen molar-refractivity contribution in [1.82, 2.24) is 0 Å². The van der Waals surface area contributed by atoms with Crippen molar-refractivity contribution < 1.29 is 18.9 Å². The van der Waals surface area contributed by atoms with E-state index < -0.39 is 0 Å². The minimum atomic E-state index is 0.547. The van der Waals surface area contributed by atoms with Crippen molar-refractivity contribution in [2.24, 2.45) is 0 Å². The summed E-state index contributed by atoms with van der Waals surface area (Å²) in [7, 11) is 5.04. The Bertz CT molecular complexity index is 870. The van der Waals surface area contributed by atoms with Crippen LogP contribution in [0.5, 0.6) is 17.2 Å². The van der Waals surface area contributed by atoms with Gasteiger partial charge in [0.2, 0.25) is 0 Å². The Morgan fingerprint density at radius 2 is 1.11 bits per heavy atom. The van der Waals surface area contributed by atoms with Gasteiger partial charge in [-0.15, -0.1) is 0 Å². The molecular weight excluding hydrogens is 352 g/mol. The zero-order valence-electron chi connectivity index (χ0n) is 16.6. The summed E-state index contributed by atoms with van der Waals surface area (Å²) in [5.74, 6) is 2.59. The maximum absolute atomic E-state index is 5.89. The topological polar surface area (TPSA) is 36.9 Å². The third-order valence-electron chi connectivity index (χ3n) is 4.59. The van der Waals surface area contributed by atoms with Crippen LogP contribution in [0.4, 0.5) is 0 Å². The van der Waals surface area contributed by atoms with Crippen LogP contribution in [0.15, 0.2) is 66.7 Å². The first-order valence-electron chi connectivity index (χ1n) is 9.21. The molecule has 0 fully saturated rings. The zero-order chi connectivity index (χ0) is 19.8. The smallest absolute Gasteiger partial charge is 0.122 e. The maximum Gasteiger partial charge on any atom is 0.122 e.